The molecule has 4 heteroatoms. The fourth-order valence-electron chi connectivity index (χ4n) is 3.06. The maximum absolute atomic E-state index is 12.2. The Morgan fingerprint density at radius 2 is 1.88 bits per heavy atom. The van der Waals surface area contributed by atoms with Crippen molar-refractivity contribution in [1.82, 2.24) is 5.32 Å². The van der Waals surface area contributed by atoms with Crippen LogP contribution in [0.1, 0.15) is 34.3 Å². The zero-order chi connectivity index (χ0) is 16.8. The Morgan fingerprint density at radius 1 is 1.08 bits per heavy atom. The van der Waals surface area contributed by atoms with Crippen LogP contribution in [-0.4, -0.2) is 26.2 Å². The third kappa shape index (κ3) is 3.88. The molecule has 0 heterocycles. The Bertz CT molecular complexity index is 712. The largest absolute Gasteiger partial charge is 0.496 e. The van der Waals surface area contributed by atoms with Gasteiger partial charge in [-0.2, -0.15) is 0 Å². The van der Waals surface area contributed by atoms with E-state index in [2.05, 4.69) is 17.4 Å². The standard InChI is InChI=1S/C20H23NO3/c1-23-19-9-5-4-8-18(19)20(22)21-12-13-24-17-11-10-15-6-2-3-7-16(15)14-17/h4-5,8-11,14H,2-3,6-7,12-13H2,1H3,(H,21,22). The number of methoxy groups -OCH3 is 1. The van der Waals surface area contributed by atoms with Crippen LogP contribution in [0.3, 0.4) is 0 Å². The van der Waals surface area contributed by atoms with Crippen LogP contribution >= 0.6 is 0 Å². The van der Waals surface area contributed by atoms with E-state index >= 15 is 0 Å². The molecule has 0 aromatic heterocycles. The molecule has 2 aromatic carbocycles. The van der Waals surface area contributed by atoms with E-state index in [9.17, 15) is 4.79 Å². The molecule has 0 unspecified atom stereocenters. The molecule has 24 heavy (non-hydrogen) atoms. The average molecular weight is 325 g/mol. The molecule has 0 spiro atoms. The Labute approximate surface area is 142 Å². The Morgan fingerprint density at radius 3 is 2.71 bits per heavy atom. The van der Waals surface area contributed by atoms with Crippen LogP contribution in [-0.2, 0) is 12.8 Å². The number of aryl methyl sites for hydroxylation is 2. The van der Waals surface area contributed by atoms with E-state index in [4.69, 9.17) is 9.47 Å². The van der Waals surface area contributed by atoms with E-state index < -0.39 is 0 Å². The quantitative estimate of drug-likeness (QED) is 0.828. The van der Waals surface area contributed by atoms with E-state index in [1.165, 1.54) is 30.4 Å². The highest BCUT2D eigenvalue weighted by Crippen LogP contribution is 2.25. The average Bonchev–Trinajstić information content (AvgIpc) is 2.65. The molecule has 0 saturated heterocycles. The summed E-state index contributed by atoms with van der Waals surface area (Å²) in [5.41, 5.74) is 3.38. The van der Waals surface area contributed by atoms with Gasteiger partial charge in [0.1, 0.15) is 18.1 Å². The third-order valence-corrected chi connectivity index (χ3v) is 4.33. The second-order valence-electron chi connectivity index (χ2n) is 5.94. The molecule has 0 radical (unpaired) electrons. The maximum atomic E-state index is 12.2. The first-order valence-corrected chi connectivity index (χ1v) is 8.44. The SMILES string of the molecule is COc1ccccc1C(=O)NCCOc1ccc2c(c1)CCCC2. The Kier molecular flexibility index (Phi) is 5.36. The number of rotatable bonds is 6. The Balaban J connectivity index is 1.49. The van der Waals surface area contributed by atoms with Crippen LogP contribution in [0.25, 0.3) is 0 Å². The summed E-state index contributed by atoms with van der Waals surface area (Å²) in [5, 5.41) is 2.86. The molecule has 0 saturated carbocycles. The van der Waals surface area contributed by atoms with E-state index in [-0.39, 0.29) is 5.91 Å². The summed E-state index contributed by atoms with van der Waals surface area (Å²) in [7, 11) is 1.56. The summed E-state index contributed by atoms with van der Waals surface area (Å²) in [4.78, 5) is 12.2. The number of carbonyl (C=O) groups is 1. The predicted molar refractivity (Wildman–Crippen MR) is 93.9 cm³/mol. The number of hydrogen-bond donors (Lipinski definition) is 1. The number of nitrogens with one attached hydrogen (secondary N) is 1. The van der Waals surface area contributed by atoms with Gasteiger partial charge in [0.15, 0.2) is 0 Å². The van der Waals surface area contributed by atoms with Gasteiger partial charge in [-0.05, 0) is 61.1 Å². The van der Waals surface area contributed by atoms with Gasteiger partial charge in [0.25, 0.3) is 5.91 Å². The van der Waals surface area contributed by atoms with Gasteiger partial charge >= 0.3 is 0 Å². The van der Waals surface area contributed by atoms with Crippen LogP contribution < -0.4 is 14.8 Å². The van der Waals surface area contributed by atoms with Crippen LogP contribution in [0, 0.1) is 0 Å². The van der Waals surface area contributed by atoms with Gasteiger partial charge in [0.2, 0.25) is 0 Å². The fraction of sp³-hybridized carbons (Fsp3) is 0.350. The van der Waals surface area contributed by atoms with Gasteiger partial charge in [-0.1, -0.05) is 18.2 Å². The van der Waals surface area contributed by atoms with Crippen molar-refractivity contribution in [3.63, 3.8) is 0 Å². The highest BCUT2D eigenvalue weighted by atomic mass is 16.5. The van der Waals surface area contributed by atoms with Crippen LogP contribution in [0.4, 0.5) is 0 Å². The van der Waals surface area contributed by atoms with Crippen molar-refractivity contribution < 1.29 is 14.3 Å². The molecule has 0 atom stereocenters. The van der Waals surface area contributed by atoms with E-state index in [0.717, 1.165) is 12.2 Å². The van der Waals surface area contributed by atoms with Gasteiger partial charge < -0.3 is 14.8 Å². The molecule has 4 nitrogen and oxygen atoms in total. The van der Waals surface area contributed by atoms with Crippen molar-refractivity contribution >= 4 is 5.91 Å². The van der Waals surface area contributed by atoms with Crippen molar-refractivity contribution in [2.24, 2.45) is 0 Å². The van der Waals surface area contributed by atoms with Gasteiger partial charge in [-0.15, -0.1) is 0 Å². The molecule has 0 bridgehead atoms. The van der Waals surface area contributed by atoms with Gasteiger partial charge in [-0.25, -0.2) is 0 Å². The molecule has 2 aromatic rings. The zero-order valence-electron chi connectivity index (χ0n) is 14.0. The number of ether oxygens (including phenoxy) is 2. The first kappa shape index (κ1) is 16.4. The van der Waals surface area contributed by atoms with E-state index in [1.807, 2.05) is 18.2 Å². The normalized spacial score (nSPS) is 13.0. The molecule has 3 rings (SSSR count). The highest BCUT2D eigenvalue weighted by molar-refractivity contribution is 5.96. The summed E-state index contributed by atoms with van der Waals surface area (Å²) >= 11 is 0. The second kappa shape index (κ2) is 7.86. The number of amides is 1. The van der Waals surface area contributed by atoms with E-state index in [1.54, 1.807) is 19.2 Å². The molecule has 1 amide bonds. The molecule has 1 aliphatic carbocycles. The van der Waals surface area contributed by atoms with Crippen molar-refractivity contribution in [2.75, 3.05) is 20.3 Å². The summed E-state index contributed by atoms with van der Waals surface area (Å²) in [6.07, 6.45) is 4.84. The summed E-state index contributed by atoms with van der Waals surface area (Å²) < 4.78 is 11.0. The van der Waals surface area contributed by atoms with Crippen molar-refractivity contribution in [1.29, 1.82) is 0 Å². The van der Waals surface area contributed by atoms with E-state index in [0.29, 0.717) is 24.5 Å². The number of hydrogen-bond acceptors (Lipinski definition) is 3. The summed E-state index contributed by atoms with van der Waals surface area (Å²) in [5.74, 6) is 1.30. The number of para-hydroxylation sites is 1. The zero-order valence-corrected chi connectivity index (χ0v) is 14.0. The monoisotopic (exact) mass is 325 g/mol. The molecule has 1 N–H and O–H groups in total. The first-order valence-electron chi connectivity index (χ1n) is 8.44. The highest BCUT2D eigenvalue weighted by Gasteiger charge is 2.11. The Hall–Kier alpha value is -2.49. The summed E-state index contributed by atoms with van der Waals surface area (Å²) in [6.45, 7) is 0.896. The lowest BCUT2D eigenvalue weighted by Crippen LogP contribution is -2.28. The topological polar surface area (TPSA) is 47.6 Å². The smallest absolute Gasteiger partial charge is 0.255 e. The van der Waals surface area contributed by atoms with Gasteiger partial charge in [0, 0.05) is 0 Å². The van der Waals surface area contributed by atoms with Gasteiger partial charge in [0.05, 0.1) is 19.2 Å². The fourth-order valence-corrected chi connectivity index (χ4v) is 3.06. The molecule has 0 fully saturated rings. The second-order valence-corrected chi connectivity index (χ2v) is 5.94. The lowest BCUT2D eigenvalue weighted by Gasteiger charge is -2.17. The third-order valence-electron chi connectivity index (χ3n) is 4.33. The summed E-state index contributed by atoms with van der Waals surface area (Å²) in [6, 6.07) is 13.5. The molecular formula is C20H23NO3. The van der Waals surface area contributed by atoms with Crippen LogP contribution in [0.5, 0.6) is 11.5 Å². The number of benzene rings is 2. The lowest BCUT2D eigenvalue weighted by molar-refractivity contribution is 0.0944. The van der Waals surface area contributed by atoms with Crippen molar-refractivity contribution in [3.05, 3.63) is 59.2 Å². The van der Waals surface area contributed by atoms with Crippen molar-refractivity contribution in [2.45, 2.75) is 25.7 Å². The molecular weight excluding hydrogens is 302 g/mol. The minimum absolute atomic E-state index is 0.151. The van der Waals surface area contributed by atoms with Gasteiger partial charge in [-0.3, -0.25) is 4.79 Å². The number of fused-ring (bicyclic) bond motifs is 1. The van der Waals surface area contributed by atoms with Crippen LogP contribution in [0.2, 0.25) is 0 Å². The predicted octanol–water partition coefficient (Wildman–Crippen LogP) is 3.38. The molecule has 126 valence electrons. The number of carbonyl (C=O) groups excluding carboxylic acids is 1. The maximum Gasteiger partial charge on any atom is 0.255 e. The lowest BCUT2D eigenvalue weighted by atomic mass is 9.92. The van der Waals surface area contributed by atoms with Crippen LogP contribution in [0.15, 0.2) is 42.5 Å². The molecule has 1 aliphatic rings. The van der Waals surface area contributed by atoms with Crippen molar-refractivity contribution in [3.8, 4) is 11.5 Å². The minimum atomic E-state index is -0.151. The first-order chi connectivity index (χ1) is 11.8. The minimum Gasteiger partial charge on any atom is -0.496 e. The molecule has 0 aliphatic heterocycles.